The zero-order valence-electron chi connectivity index (χ0n) is 10.9. The summed E-state index contributed by atoms with van der Waals surface area (Å²) >= 11 is 0. The molecule has 3 rings (SSSR count). The number of benzene rings is 1. The number of hydrogen-bond acceptors (Lipinski definition) is 1. The highest BCUT2D eigenvalue weighted by Crippen LogP contribution is 2.44. The fourth-order valence-electron chi connectivity index (χ4n) is 3.54. The largest absolute Gasteiger partial charge is 0.338 e. The summed E-state index contributed by atoms with van der Waals surface area (Å²) in [4.78, 5) is 14.7. The molecule has 1 heterocycles. The maximum absolute atomic E-state index is 12.6. The molecule has 0 unspecified atom stereocenters. The highest BCUT2D eigenvalue weighted by molar-refractivity contribution is 5.84. The second kappa shape index (κ2) is 4.75. The van der Waals surface area contributed by atoms with Crippen LogP contribution in [0.15, 0.2) is 30.3 Å². The van der Waals surface area contributed by atoms with Gasteiger partial charge in [-0.25, -0.2) is 0 Å². The van der Waals surface area contributed by atoms with Gasteiger partial charge in [0.1, 0.15) is 0 Å². The van der Waals surface area contributed by atoms with Gasteiger partial charge in [-0.15, -0.1) is 0 Å². The van der Waals surface area contributed by atoms with Gasteiger partial charge in [-0.2, -0.15) is 0 Å². The van der Waals surface area contributed by atoms with Crippen LogP contribution >= 0.6 is 0 Å². The molecule has 1 aromatic carbocycles. The normalized spacial score (nSPS) is 22.7. The summed E-state index contributed by atoms with van der Waals surface area (Å²) in [6.45, 7) is 1.75. The number of carbonyl (C=O) groups excluding carboxylic acids is 1. The summed E-state index contributed by atoms with van der Waals surface area (Å²) < 4.78 is 0. The van der Waals surface area contributed by atoms with Crippen LogP contribution in [0, 0.1) is 5.41 Å². The van der Waals surface area contributed by atoms with Gasteiger partial charge < -0.3 is 4.90 Å². The van der Waals surface area contributed by atoms with E-state index in [-0.39, 0.29) is 5.41 Å². The van der Waals surface area contributed by atoms with Gasteiger partial charge in [-0.3, -0.25) is 4.79 Å². The number of nitrogens with zero attached hydrogens (tertiary/aromatic N) is 1. The molecule has 2 fully saturated rings. The predicted molar refractivity (Wildman–Crippen MR) is 72.0 cm³/mol. The molecule has 1 amide bonds. The smallest absolute Gasteiger partial charge is 0.229 e. The first kappa shape index (κ1) is 11.8. The van der Waals surface area contributed by atoms with E-state index in [4.69, 9.17) is 0 Å². The standard InChI is InChI=1S/C16H21NO/c18-15-16(9-5-2-6-10-16)11-12-17(15)13-14-7-3-1-4-8-14/h1,3-4,7-8H,2,5-6,9-13H2. The maximum atomic E-state index is 12.6. The van der Waals surface area contributed by atoms with Crippen molar-refractivity contribution in [2.75, 3.05) is 6.54 Å². The van der Waals surface area contributed by atoms with Crippen molar-refractivity contribution in [2.24, 2.45) is 5.41 Å². The van der Waals surface area contributed by atoms with E-state index in [1.54, 1.807) is 0 Å². The van der Waals surface area contributed by atoms with Gasteiger partial charge in [0.2, 0.25) is 5.91 Å². The Labute approximate surface area is 109 Å². The lowest BCUT2D eigenvalue weighted by atomic mass is 9.73. The zero-order valence-corrected chi connectivity index (χ0v) is 10.9. The lowest BCUT2D eigenvalue weighted by molar-refractivity contribution is -0.138. The Hall–Kier alpha value is -1.31. The van der Waals surface area contributed by atoms with Gasteiger partial charge >= 0.3 is 0 Å². The van der Waals surface area contributed by atoms with Gasteiger partial charge in [0.25, 0.3) is 0 Å². The number of amides is 1. The Morgan fingerprint density at radius 1 is 1.00 bits per heavy atom. The van der Waals surface area contributed by atoms with Crippen molar-refractivity contribution in [1.82, 2.24) is 4.90 Å². The number of carbonyl (C=O) groups is 1. The van der Waals surface area contributed by atoms with Crippen LogP contribution in [0.25, 0.3) is 0 Å². The summed E-state index contributed by atoms with van der Waals surface area (Å²) in [7, 11) is 0. The summed E-state index contributed by atoms with van der Waals surface area (Å²) in [6.07, 6.45) is 7.12. The second-order valence-electron chi connectivity index (χ2n) is 5.80. The fraction of sp³-hybridized carbons (Fsp3) is 0.562. The first-order valence-electron chi connectivity index (χ1n) is 7.14. The van der Waals surface area contributed by atoms with Gasteiger partial charge in [-0.1, -0.05) is 49.6 Å². The van der Waals surface area contributed by atoms with E-state index < -0.39 is 0 Å². The molecule has 1 aliphatic carbocycles. The van der Waals surface area contributed by atoms with Gasteiger partial charge in [0.05, 0.1) is 5.41 Å². The minimum absolute atomic E-state index is 0.0209. The van der Waals surface area contributed by atoms with E-state index in [0.717, 1.165) is 32.4 Å². The van der Waals surface area contributed by atoms with Crippen LogP contribution in [0.3, 0.4) is 0 Å². The Morgan fingerprint density at radius 3 is 2.44 bits per heavy atom. The third-order valence-electron chi connectivity index (χ3n) is 4.63. The Balaban J connectivity index is 1.71. The summed E-state index contributed by atoms with van der Waals surface area (Å²) in [5.74, 6) is 0.422. The predicted octanol–water partition coefficient (Wildman–Crippen LogP) is 3.37. The molecule has 0 bridgehead atoms. The van der Waals surface area contributed by atoms with Crippen molar-refractivity contribution in [1.29, 1.82) is 0 Å². The molecular weight excluding hydrogens is 222 g/mol. The molecule has 1 saturated carbocycles. The monoisotopic (exact) mass is 243 g/mol. The van der Waals surface area contributed by atoms with Crippen LogP contribution in [-0.4, -0.2) is 17.4 Å². The van der Waals surface area contributed by atoms with Crippen molar-refractivity contribution in [3.63, 3.8) is 0 Å². The Kier molecular flexibility index (Phi) is 3.11. The third kappa shape index (κ3) is 2.05. The summed E-state index contributed by atoms with van der Waals surface area (Å²) in [6, 6.07) is 10.3. The van der Waals surface area contributed by atoms with Crippen LogP contribution in [0.1, 0.15) is 44.1 Å². The average Bonchev–Trinajstić information content (AvgIpc) is 2.71. The van der Waals surface area contributed by atoms with E-state index in [1.165, 1.54) is 24.8 Å². The lowest BCUT2D eigenvalue weighted by Crippen LogP contribution is -2.35. The first-order chi connectivity index (χ1) is 8.80. The molecule has 1 aromatic rings. The molecule has 1 spiro atoms. The van der Waals surface area contributed by atoms with Gasteiger partial charge in [-0.05, 0) is 24.8 Å². The molecule has 2 heteroatoms. The van der Waals surface area contributed by atoms with Crippen molar-refractivity contribution >= 4 is 5.91 Å². The molecule has 0 aromatic heterocycles. The van der Waals surface area contributed by atoms with Crippen LogP contribution in [0.4, 0.5) is 0 Å². The Bertz CT molecular complexity index is 420. The maximum Gasteiger partial charge on any atom is 0.229 e. The molecular formula is C16H21NO. The SMILES string of the molecule is O=C1N(Cc2ccccc2)CCC12CCCCC2. The van der Waals surface area contributed by atoms with Gasteiger partial charge in [0.15, 0.2) is 0 Å². The molecule has 2 nitrogen and oxygen atoms in total. The lowest BCUT2D eigenvalue weighted by Gasteiger charge is -2.31. The Morgan fingerprint density at radius 2 is 1.72 bits per heavy atom. The fourth-order valence-corrected chi connectivity index (χ4v) is 3.54. The van der Waals surface area contributed by atoms with Crippen LogP contribution < -0.4 is 0 Å². The third-order valence-corrected chi connectivity index (χ3v) is 4.63. The van der Waals surface area contributed by atoms with Crippen molar-refractivity contribution in [3.8, 4) is 0 Å². The molecule has 0 N–H and O–H groups in total. The zero-order chi connectivity index (χ0) is 12.4. The van der Waals surface area contributed by atoms with Crippen molar-refractivity contribution in [3.05, 3.63) is 35.9 Å². The molecule has 1 saturated heterocycles. The quantitative estimate of drug-likeness (QED) is 0.780. The van der Waals surface area contributed by atoms with E-state index in [0.29, 0.717) is 5.91 Å². The van der Waals surface area contributed by atoms with Crippen LogP contribution in [0.5, 0.6) is 0 Å². The molecule has 0 radical (unpaired) electrons. The highest BCUT2D eigenvalue weighted by atomic mass is 16.2. The molecule has 0 atom stereocenters. The molecule has 96 valence electrons. The van der Waals surface area contributed by atoms with Gasteiger partial charge in [0, 0.05) is 13.1 Å². The van der Waals surface area contributed by atoms with Crippen LogP contribution in [0.2, 0.25) is 0 Å². The summed E-state index contributed by atoms with van der Waals surface area (Å²) in [5, 5.41) is 0. The van der Waals surface area contributed by atoms with Crippen molar-refractivity contribution in [2.45, 2.75) is 45.1 Å². The van der Waals surface area contributed by atoms with E-state index in [9.17, 15) is 4.79 Å². The average molecular weight is 243 g/mol. The van der Waals surface area contributed by atoms with Crippen molar-refractivity contribution < 1.29 is 4.79 Å². The molecule has 2 aliphatic rings. The number of rotatable bonds is 2. The topological polar surface area (TPSA) is 20.3 Å². The molecule has 1 aliphatic heterocycles. The number of hydrogen-bond donors (Lipinski definition) is 0. The minimum atomic E-state index is 0.0209. The highest BCUT2D eigenvalue weighted by Gasteiger charge is 2.46. The van der Waals surface area contributed by atoms with E-state index >= 15 is 0 Å². The second-order valence-corrected chi connectivity index (χ2v) is 5.80. The minimum Gasteiger partial charge on any atom is -0.338 e. The summed E-state index contributed by atoms with van der Waals surface area (Å²) in [5.41, 5.74) is 1.27. The van der Waals surface area contributed by atoms with Crippen LogP contribution in [-0.2, 0) is 11.3 Å². The van der Waals surface area contributed by atoms with E-state index in [1.807, 2.05) is 18.2 Å². The first-order valence-corrected chi connectivity index (χ1v) is 7.14. The number of likely N-dealkylation sites (tertiary alicyclic amines) is 1. The molecule has 18 heavy (non-hydrogen) atoms. The van der Waals surface area contributed by atoms with E-state index in [2.05, 4.69) is 17.0 Å².